The van der Waals surface area contributed by atoms with Gasteiger partial charge in [-0.05, 0) is 91.3 Å². The van der Waals surface area contributed by atoms with Crippen LogP contribution in [0.4, 0.5) is 14.5 Å². The molecule has 1 amide bonds. The Morgan fingerprint density at radius 3 is 2.69 bits per heavy atom. The van der Waals surface area contributed by atoms with Crippen LogP contribution in [0, 0.1) is 11.8 Å². The van der Waals surface area contributed by atoms with E-state index in [1.807, 2.05) is 28.8 Å². The molecule has 2 aliphatic carbocycles. The molecule has 2 aromatic carbocycles. The molecule has 1 saturated heterocycles. The van der Waals surface area contributed by atoms with E-state index in [2.05, 4.69) is 29.7 Å². The van der Waals surface area contributed by atoms with E-state index in [4.69, 9.17) is 21.1 Å². The van der Waals surface area contributed by atoms with E-state index >= 15 is 0 Å². The fourth-order valence-electron chi connectivity index (χ4n) is 8.97. The van der Waals surface area contributed by atoms with Gasteiger partial charge < -0.3 is 24.4 Å². The molecule has 0 aromatic heterocycles. The average Bonchev–Trinajstić information content (AvgIpc) is 3.22. The highest BCUT2D eigenvalue weighted by Gasteiger charge is 2.47. The zero-order valence-corrected chi connectivity index (χ0v) is 32.6. The second-order valence-corrected chi connectivity index (χ2v) is 18.3. The topological polar surface area (TPSA) is 112 Å². The number of likely N-dealkylation sites (tertiary alicyclic amines) is 1. The molecule has 3 aliphatic heterocycles. The van der Waals surface area contributed by atoms with Crippen molar-refractivity contribution in [3.05, 3.63) is 82.5 Å². The molecule has 54 heavy (non-hydrogen) atoms. The summed E-state index contributed by atoms with van der Waals surface area (Å²) < 4.78 is 66.9. The average molecular weight is 789 g/mol. The number of amides is 1. The number of sulfonamides is 1. The summed E-state index contributed by atoms with van der Waals surface area (Å²) in [7, 11) is -2.19. The van der Waals surface area contributed by atoms with Crippen LogP contribution in [-0.4, -0.2) is 107 Å². The molecule has 2 bridgehead atoms. The van der Waals surface area contributed by atoms with Gasteiger partial charge in [-0.3, -0.25) is 14.4 Å². The van der Waals surface area contributed by atoms with E-state index in [1.54, 1.807) is 23.1 Å². The number of rotatable bonds is 6. The van der Waals surface area contributed by atoms with Crippen LogP contribution in [0.5, 0.6) is 5.75 Å². The molecule has 5 atom stereocenters. The standard InChI is InChI=1S/C40H51ClF2N4O6S/c1-27-21-40(49,37(48)44-54(3,50)51)30-10-14-36-34(20-30)47(23-38(26-53-36)15-6-7-28-19-31(41)11-13-33(28)38)22-29-9-12-32(29)35(8-4-5-16-45(27)2)52-18-17-46-24-39(42,43)25-46/h4,8,10-11,13-14,19-20,29,32,35,49H,1,5-7,9,12,15-18,21-26H2,2-3H3,(H,44,48)/b8-4+/t29-,32+,35-,38-,40+/m0/s1. The van der Waals surface area contributed by atoms with Crippen LogP contribution in [0.25, 0.3) is 0 Å². The molecule has 1 saturated carbocycles. The van der Waals surface area contributed by atoms with Crippen molar-refractivity contribution in [1.82, 2.24) is 14.5 Å². The fraction of sp³-hybridized carbons (Fsp3) is 0.575. The molecule has 0 unspecified atom stereocenters. The van der Waals surface area contributed by atoms with Gasteiger partial charge in [-0.2, -0.15) is 0 Å². The maximum Gasteiger partial charge on any atom is 0.272 e. The van der Waals surface area contributed by atoms with E-state index < -0.39 is 27.5 Å². The SMILES string of the molecule is C=C1C[C@](O)(C(=O)NS(C)(=O)=O)c2ccc3c(c2)N(C[C@@H]2CC[C@H]2[C@@H](OCCN2CC(F)(F)C2)/C=C/CCN1C)C[C@@]1(CCCc2cc(Cl)ccc21)CO3. The van der Waals surface area contributed by atoms with Gasteiger partial charge in [0, 0.05) is 55.8 Å². The number of benzene rings is 2. The number of alkyl halides is 2. The number of carbonyl (C=O) groups excluding carboxylic acids is 1. The molecule has 2 aromatic rings. The molecule has 1 spiro atoms. The van der Waals surface area contributed by atoms with Crippen LogP contribution < -0.4 is 14.4 Å². The Bertz CT molecular complexity index is 1910. The highest BCUT2D eigenvalue weighted by Crippen LogP contribution is 2.48. The smallest absolute Gasteiger partial charge is 0.272 e. The van der Waals surface area contributed by atoms with Crippen molar-refractivity contribution in [3.8, 4) is 5.75 Å². The Hall–Kier alpha value is -3.23. The van der Waals surface area contributed by atoms with Crippen molar-refractivity contribution < 1.29 is 36.6 Å². The number of aryl methyl sites for hydroxylation is 1. The second-order valence-electron chi connectivity index (χ2n) is 16.1. The maximum absolute atomic E-state index is 13.8. The van der Waals surface area contributed by atoms with Crippen LogP contribution in [0.1, 0.15) is 55.2 Å². The summed E-state index contributed by atoms with van der Waals surface area (Å²) in [4.78, 5) is 19.6. The summed E-state index contributed by atoms with van der Waals surface area (Å²) in [6, 6.07) is 11.3. The molecule has 0 radical (unpaired) electrons. The minimum absolute atomic E-state index is 0.182. The summed E-state index contributed by atoms with van der Waals surface area (Å²) in [5, 5.41) is 13.0. The fourth-order valence-corrected chi connectivity index (χ4v) is 9.67. The van der Waals surface area contributed by atoms with Crippen molar-refractivity contribution in [2.24, 2.45) is 11.8 Å². The number of fused-ring (bicyclic) bond motifs is 4. The summed E-state index contributed by atoms with van der Waals surface area (Å²) in [5.41, 5.74) is 1.15. The molecule has 7 rings (SSSR count). The molecule has 2 fully saturated rings. The molecule has 294 valence electrons. The zero-order valence-electron chi connectivity index (χ0n) is 31.0. The van der Waals surface area contributed by atoms with Gasteiger partial charge in [0.1, 0.15) is 5.75 Å². The number of hydrogen-bond acceptors (Lipinski definition) is 9. The Balaban J connectivity index is 1.27. The summed E-state index contributed by atoms with van der Waals surface area (Å²) in [6.45, 7) is 6.70. The summed E-state index contributed by atoms with van der Waals surface area (Å²) >= 11 is 6.47. The van der Waals surface area contributed by atoms with Crippen LogP contribution in [0.15, 0.2) is 60.8 Å². The first-order valence-electron chi connectivity index (χ1n) is 18.9. The molecular weight excluding hydrogens is 738 g/mol. The van der Waals surface area contributed by atoms with E-state index in [1.165, 1.54) is 11.1 Å². The van der Waals surface area contributed by atoms with Gasteiger partial charge in [0.2, 0.25) is 10.0 Å². The first kappa shape index (κ1) is 39.0. The van der Waals surface area contributed by atoms with Crippen LogP contribution in [0.2, 0.25) is 5.02 Å². The van der Waals surface area contributed by atoms with Gasteiger partial charge >= 0.3 is 0 Å². The maximum atomic E-state index is 13.8. The Morgan fingerprint density at radius 1 is 1.17 bits per heavy atom. The van der Waals surface area contributed by atoms with E-state index in [9.17, 15) is 27.1 Å². The minimum atomic E-state index is -4.00. The number of anilines is 1. The number of aliphatic hydroxyl groups is 1. The first-order chi connectivity index (χ1) is 25.5. The predicted octanol–water partition coefficient (Wildman–Crippen LogP) is 5.23. The lowest BCUT2D eigenvalue weighted by Gasteiger charge is -2.46. The number of nitrogens with zero attached hydrogens (tertiary/aromatic N) is 3. The van der Waals surface area contributed by atoms with E-state index in [0.29, 0.717) is 68.0 Å². The Morgan fingerprint density at radius 2 is 1.96 bits per heavy atom. The minimum Gasteiger partial charge on any atom is -0.490 e. The lowest BCUT2D eigenvalue weighted by molar-refractivity contribution is -0.139. The largest absolute Gasteiger partial charge is 0.490 e. The van der Waals surface area contributed by atoms with Gasteiger partial charge in [0.25, 0.3) is 11.8 Å². The number of halogens is 3. The molecule has 2 N–H and O–H groups in total. The zero-order chi connectivity index (χ0) is 38.5. The molecule has 5 aliphatic rings. The van der Waals surface area contributed by atoms with E-state index in [0.717, 1.165) is 38.4 Å². The van der Waals surface area contributed by atoms with Gasteiger partial charge in [0.15, 0.2) is 5.60 Å². The Kier molecular flexibility index (Phi) is 10.9. The number of nitrogens with one attached hydrogen (secondary N) is 1. The van der Waals surface area contributed by atoms with Gasteiger partial charge in [-0.15, -0.1) is 0 Å². The van der Waals surface area contributed by atoms with Crippen molar-refractivity contribution in [2.45, 2.75) is 68.0 Å². The molecular formula is C40H51ClF2N4O6S. The monoisotopic (exact) mass is 788 g/mol. The lowest BCUT2D eigenvalue weighted by Crippen LogP contribution is -2.57. The lowest BCUT2D eigenvalue weighted by atomic mass is 9.68. The van der Waals surface area contributed by atoms with Crippen molar-refractivity contribution >= 4 is 33.2 Å². The normalized spacial score (nSPS) is 30.6. The summed E-state index contributed by atoms with van der Waals surface area (Å²) in [5.74, 6) is -2.68. The highest BCUT2D eigenvalue weighted by atomic mass is 35.5. The van der Waals surface area contributed by atoms with Gasteiger partial charge in [0.05, 0.1) is 44.4 Å². The Labute approximate surface area is 322 Å². The predicted molar refractivity (Wildman–Crippen MR) is 205 cm³/mol. The summed E-state index contributed by atoms with van der Waals surface area (Å²) in [6.07, 6.45) is 9.90. The third-order valence-electron chi connectivity index (χ3n) is 12.1. The van der Waals surface area contributed by atoms with Gasteiger partial charge in [-0.1, -0.05) is 42.5 Å². The van der Waals surface area contributed by atoms with Crippen molar-refractivity contribution in [3.63, 3.8) is 0 Å². The van der Waals surface area contributed by atoms with Crippen molar-refractivity contribution in [1.29, 1.82) is 0 Å². The molecule has 14 heteroatoms. The van der Waals surface area contributed by atoms with Crippen LogP contribution >= 0.6 is 11.6 Å². The van der Waals surface area contributed by atoms with Crippen LogP contribution in [-0.2, 0) is 37.0 Å². The third kappa shape index (κ3) is 8.16. The van der Waals surface area contributed by atoms with Crippen LogP contribution in [0.3, 0.4) is 0 Å². The second kappa shape index (κ2) is 15.0. The molecule has 3 heterocycles. The highest BCUT2D eigenvalue weighted by molar-refractivity contribution is 7.89. The van der Waals surface area contributed by atoms with Crippen molar-refractivity contribution in [2.75, 3.05) is 70.7 Å². The number of hydrogen-bond donors (Lipinski definition) is 2. The molecule has 10 nitrogen and oxygen atoms in total. The van der Waals surface area contributed by atoms with Gasteiger partial charge in [-0.25, -0.2) is 17.2 Å². The number of carbonyl (C=O) groups is 1. The number of ether oxygens (including phenoxy) is 2. The quantitative estimate of drug-likeness (QED) is 0.381. The van der Waals surface area contributed by atoms with E-state index in [-0.39, 0.29) is 48.4 Å². The first-order valence-corrected chi connectivity index (χ1v) is 21.1. The third-order valence-corrected chi connectivity index (χ3v) is 12.9.